The summed E-state index contributed by atoms with van der Waals surface area (Å²) in [5.74, 6) is 0.883. The zero-order chi connectivity index (χ0) is 14.8. The lowest BCUT2D eigenvalue weighted by Crippen LogP contribution is -2.43. The fourth-order valence-corrected chi connectivity index (χ4v) is 3.34. The Bertz CT molecular complexity index is 629. The molecule has 2 unspecified atom stereocenters. The van der Waals surface area contributed by atoms with Gasteiger partial charge in [-0.2, -0.15) is 0 Å². The maximum Gasteiger partial charge on any atom is 0.136 e. The topological polar surface area (TPSA) is 56.6 Å². The maximum atomic E-state index is 10.3. The normalized spacial score (nSPS) is 22.4. The number of pyridine rings is 1. The summed E-state index contributed by atoms with van der Waals surface area (Å²) in [6, 6.07) is 8.12. The molecule has 4 heteroatoms. The number of fused-ring (bicyclic) bond motifs is 1. The van der Waals surface area contributed by atoms with Gasteiger partial charge in [0.2, 0.25) is 0 Å². The zero-order valence-corrected chi connectivity index (χ0v) is 12.4. The van der Waals surface area contributed by atoms with E-state index in [1.807, 2.05) is 31.3 Å². The Balaban J connectivity index is 2.04. The van der Waals surface area contributed by atoms with Crippen LogP contribution in [0.1, 0.15) is 31.2 Å². The maximum absolute atomic E-state index is 10.3. The van der Waals surface area contributed by atoms with E-state index in [4.69, 9.17) is 0 Å². The number of rotatable bonds is 3. The van der Waals surface area contributed by atoms with Crippen molar-refractivity contribution in [3.05, 3.63) is 36.0 Å². The highest BCUT2D eigenvalue weighted by Crippen LogP contribution is 2.31. The van der Waals surface area contributed by atoms with Crippen molar-refractivity contribution in [3.8, 4) is 0 Å². The summed E-state index contributed by atoms with van der Waals surface area (Å²) < 4.78 is 0. The molecule has 1 aliphatic carbocycles. The van der Waals surface area contributed by atoms with Crippen LogP contribution in [0.25, 0.3) is 10.8 Å². The van der Waals surface area contributed by atoms with Crippen LogP contribution in [0.4, 0.5) is 5.82 Å². The van der Waals surface area contributed by atoms with Crippen LogP contribution in [0.3, 0.4) is 0 Å². The van der Waals surface area contributed by atoms with Crippen molar-refractivity contribution in [1.29, 1.82) is 0 Å². The Kier molecular flexibility index (Phi) is 4.08. The van der Waals surface area contributed by atoms with Crippen LogP contribution in [0.2, 0.25) is 0 Å². The molecule has 0 radical (unpaired) electrons. The SMILES string of the molecule is CN(c1ncc(CO)c2ccccc12)C1CCCCC1O. The number of hydrogen-bond acceptors (Lipinski definition) is 4. The third-order valence-electron chi connectivity index (χ3n) is 4.55. The molecular formula is C17H22N2O2. The van der Waals surface area contributed by atoms with Crippen molar-refractivity contribution < 1.29 is 10.2 Å². The second-order valence-electron chi connectivity index (χ2n) is 5.84. The molecule has 2 N–H and O–H groups in total. The first-order valence-corrected chi connectivity index (χ1v) is 7.60. The Morgan fingerprint density at radius 1 is 1.19 bits per heavy atom. The number of aliphatic hydroxyl groups is 2. The van der Waals surface area contributed by atoms with E-state index in [-0.39, 0.29) is 18.8 Å². The average Bonchev–Trinajstić information content (AvgIpc) is 2.53. The number of hydrogen-bond donors (Lipinski definition) is 2. The highest BCUT2D eigenvalue weighted by atomic mass is 16.3. The summed E-state index contributed by atoms with van der Waals surface area (Å²) in [6.45, 7) is -0.0104. The number of aromatic nitrogens is 1. The van der Waals surface area contributed by atoms with Gasteiger partial charge in [0.1, 0.15) is 5.82 Å². The molecule has 4 nitrogen and oxygen atoms in total. The molecule has 0 spiro atoms. The molecule has 0 aliphatic heterocycles. The van der Waals surface area contributed by atoms with Gasteiger partial charge in [0, 0.05) is 24.2 Å². The lowest BCUT2D eigenvalue weighted by atomic mass is 9.91. The smallest absolute Gasteiger partial charge is 0.136 e. The van der Waals surface area contributed by atoms with Gasteiger partial charge < -0.3 is 15.1 Å². The number of anilines is 1. The fourth-order valence-electron chi connectivity index (χ4n) is 3.34. The molecule has 1 heterocycles. The Labute approximate surface area is 125 Å². The van der Waals surface area contributed by atoms with Crippen LogP contribution >= 0.6 is 0 Å². The summed E-state index contributed by atoms with van der Waals surface area (Å²) in [6.07, 6.45) is 5.56. The second-order valence-corrected chi connectivity index (χ2v) is 5.84. The summed E-state index contributed by atoms with van der Waals surface area (Å²) in [5.41, 5.74) is 0.840. The first kappa shape index (κ1) is 14.3. The highest BCUT2D eigenvalue weighted by molar-refractivity contribution is 5.94. The van der Waals surface area contributed by atoms with Gasteiger partial charge in [-0.05, 0) is 18.2 Å². The molecule has 1 fully saturated rings. The fraction of sp³-hybridized carbons (Fsp3) is 0.471. The van der Waals surface area contributed by atoms with E-state index in [1.54, 1.807) is 6.20 Å². The predicted molar refractivity (Wildman–Crippen MR) is 84.3 cm³/mol. The highest BCUT2D eigenvalue weighted by Gasteiger charge is 2.28. The van der Waals surface area contributed by atoms with E-state index >= 15 is 0 Å². The lowest BCUT2D eigenvalue weighted by Gasteiger charge is -2.36. The number of nitrogens with zero attached hydrogens (tertiary/aromatic N) is 2. The van der Waals surface area contributed by atoms with E-state index in [2.05, 4.69) is 9.88 Å². The summed E-state index contributed by atoms with van der Waals surface area (Å²) in [4.78, 5) is 6.65. The van der Waals surface area contributed by atoms with Crippen molar-refractivity contribution >= 4 is 16.6 Å². The molecule has 1 aliphatic rings. The largest absolute Gasteiger partial charge is 0.392 e. The number of likely N-dealkylation sites (N-methyl/N-ethyl adjacent to an activating group) is 1. The molecule has 1 saturated carbocycles. The quantitative estimate of drug-likeness (QED) is 0.910. The van der Waals surface area contributed by atoms with E-state index in [9.17, 15) is 10.2 Å². The minimum absolute atomic E-state index is 0.0104. The molecule has 2 atom stereocenters. The van der Waals surface area contributed by atoms with E-state index < -0.39 is 0 Å². The van der Waals surface area contributed by atoms with Gasteiger partial charge in [0.15, 0.2) is 0 Å². The van der Waals surface area contributed by atoms with Crippen molar-refractivity contribution in [3.63, 3.8) is 0 Å². The van der Waals surface area contributed by atoms with Crippen LogP contribution in [0.5, 0.6) is 0 Å². The lowest BCUT2D eigenvalue weighted by molar-refractivity contribution is 0.106. The van der Waals surface area contributed by atoms with Crippen LogP contribution in [0, 0.1) is 0 Å². The van der Waals surface area contributed by atoms with Crippen molar-refractivity contribution in [2.45, 2.75) is 44.4 Å². The van der Waals surface area contributed by atoms with Gasteiger partial charge in [0.25, 0.3) is 0 Å². The second kappa shape index (κ2) is 6.00. The molecule has 1 aromatic heterocycles. The van der Waals surface area contributed by atoms with Crippen LogP contribution in [0.15, 0.2) is 30.5 Å². The molecule has 2 aromatic rings. The monoisotopic (exact) mass is 286 g/mol. The molecule has 112 valence electrons. The molecule has 0 bridgehead atoms. The zero-order valence-electron chi connectivity index (χ0n) is 12.4. The summed E-state index contributed by atoms with van der Waals surface area (Å²) in [5, 5.41) is 21.8. The minimum atomic E-state index is -0.290. The van der Waals surface area contributed by atoms with Crippen LogP contribution < -0.4 is 4.90 Å². The minimum Gasteiger partial charge on any atom is -0.392 e. The number of aliphatic hydroxyl groups excluding tert-OH is 2. The molecule has 21 heavy (non-hydrogen) atoms. The van der Waals surface area contributed by atoms with Crippen molar-refractivity contribution in [2.75, 3.05) is 11.9 Å². The molecule has 3 rings (SSSR count). The Morgan fingerprint density at radius 3 is 2.62 bits per heavy atom. The first-order chi connectivity index (χ1) is 10.2. The number of benzene rings is 1. The van der Waals surface area contributed by atoms with Crippen molar-refractivity contribution in [1.82, 2.24) is 4.98 Å². The molecular weight excluding hydrogens is 264 g/mol. The van der Waals surface area contributed by atoms with Gasteiger partial charge in [-0.3, -0.25) is 0 Å². The van der Waals surface area contributed by atoms with E-state index in [0.29, 0.717) is 0 Å². The summed E-state index contributed by atoms with van der Waals surface area (Å²) >= 11 is 0. The van der Waals surface area contributed by atoms with Gasteiger partial charge in [-0.15, -0.1) is 0 Å². The van der Waals surface area contributed by atoms with Gasteiger partial charge in [0.05, 0.1) is 18.8 Å². The van der Waals surface area contributed by atoms with E-state index in [0.717, 1.165) is 47.8 Å². The summed E-state index contributed by atoms with van der Waals surface area (Å²) in [7, 11) is 2.01. The predicted octanol–water partition coefficient (Wildman–Crippen LogP) is 2.47. The van der Waals surface area contributed by atoms with Gasteiger partial charge in [-0.25, -0.2) is 4.98 Å². The standard InChI is InChI=1S/C17H22N2O2/c1-19(15-8-4-5-9-16(15)21)17-14-7-3-2-6-13(14)12(11-20)10-18-17/h2-3,6-7,10,15-16,20-21H,4-5,8-9,11H2,1H3. The molecule has 1 aromatic carbocycles. The van der Waals surface area contributed by atoms with Gasteiger partial charge >= 0.3 is 0 Å². The Hall–Kier alpha value is -1.65. The Morgan fingerprint density at radius 2 is 1.90 bits per heavy atom. The van der Waals surface area contributed by atoms with Crippen molar-refractivity contribution in [2.24, 2.45) is 0 Å². The molecule has 0 saturated heterocycles. The molecule has 0 amide bonds. The average molecular weight is 286 g/mol. The van der Waals surface area contributed by atoms with Crippen LogP contribution in [-0.2, 0) is 6.61 Å². The third kappa shape index (κ3) is 2.61. The van der Waals surface area contributed by atoms with E-state index in [1.165, 1.54) is 0 Å². The first-order valence-electron chi connectivity index (χ1n) is 7.60. The third-order valence-corrected chi connectivity index (χ3v) is 4.55. The van der Waals surface area contributed by atoms with Gasteiger partial charge in [-0.1, -0.05) is 37.1 Å². The van der Waals surface area contributed by atoms with Crippen LogP contribution in [-0.4, -0.2) is 34.4 Å².